The van der Waals surface area contributed by atoms with Gasteiger partial charge in [-0.3, -0.25) is 9.59 Å². The van der Waals surface area contributed by atoms with Crippen LogP contribution in [-0.4, -0.2) is 30.3 Å². The summed E-state index contributed by atoms with van der Waals surface area (Å²) in [4.78, 5) is 28.3. The van der Waals surface area contributed by atoms with Crippen LogP contribution in [0.4, 0.5) is 10.1 Å². The lowest BCUT2D eigenvalue weighted by atomic mass is 10.1. The van der Waals surface area contributed by atoms with Crippen LogP contribution >= 0.6 is 15.9 Å². The van der Waals surface area contributed by atoms with Gasteiger partial charge in [-0.1, -0.05) is 24.3 Å². The summed E-state index contributed by atoms with van der Waals surface area (Å²) in [5.74, 6) is -0.805. The SMILES string of the molecule is CN(Cc1ccc(F)cc1)C(=O)C1CC(=O)N(c2ccccc2Br)C1. The van der Waals surface area contributed by atoms with E-state index in [1.807, 2.05) is 24.3 Å². The molecule has 1 unspecified atom stereocenters. The maximum atomic E-state index is 13.0. The minimum absolute atomic E-state index is 0.0552. The van der Waals surface area contributed by atoms with Gasteiger partial charge in [-0.15, -0.1) is 0 Å². The minimum Gasteiger partial charge on any atom is -0.341 e. The number of anilines is 1. The van der Waals surface area contributed by atoms with Crippen LogP contribution in [0, 0.1) is 11.7 Å². The van der Waals surface area contributed by atoms with Crippen molar-refractivity contribution in [3.63, 3.8) is 0 Å². The molecule has 25 heavy (non-hydrogen) atoms. The summed E-state index contributed by atoms with van der Waals surface area (Å²) in [5, 5.41) is 0. The van der Waals surface area contributed by atoms with Crippen LogP contribution in [0.5, 0.6) is 0 Å². The van der Waals surface area contributed by atoms with Crippen molar-refractivity contribution in [2.75, 3.05) is 18.5 Å². The number of carbonyl (C=O) groups excluding carboxylic acids is 2. The number of para-hydroxylation sites is 1. The number of hydrogen-bond acceptors (Lipinski definition) is 2. The summed E-state index contributed by atoms with van der Waals surface area (Å²) >= 11 is 3.45. The number of halogens is 2. The molecule has 0 aromatic heterocycles. The largest absolute Gasteiger partial charge is 0.341 e. The molecule has 1 heterocycles. The van der Waals surface area contributed by atoms with Crippen LogP contribution in [0.3, 0.4) is 0 Å². The van der Waals surface area contributed by atoms with Gasteiger partial charge in [0.15, 0.2) is 0 Å². The molecule has 0 N–H and O–H groups in total. The molecule has 6 heteroatoms. The third-order valence-electron chi connectivity index (χ3n) is 4.33. The highest BCUT2D eigenvalue weighted by molar-refractivity contribution is 9.10. The third-order valence-corrected chi connectivity index (χ3v) is 5.00. The van der Waals surface area contributed by atoms with Gasteiger partial charge >= 0.3 is 0 Å². The van der Waals surface area contributed by atoms with Gasteiger partial charge in [0.1, 0.15) is 5.82 Å². The predicted molar refractivity (Wildman–Crippen MR) is 97.5 cm³/mol. The summed E-state index contributed by atoms with van der Waals surface area (Å²) in [7, 11) is 1.71. The van der Waals surface area contributed by atoms with Crippen LogP contribution in [0.15, 0.2) is 53.0 Å². The van der Waals surface area contributed by atoms with E-state index in [0.29, 0.717) is 13.1 Å². The van der Waals surface area contributed by atoms with E-state index in [9.17, 15) is 14.0 Å². The van der Waals surface area contributed by atoms with E-state index >= 15 is 0 Å². The van der Waals surface area contributed by atoms with Gasteiger partial charge in [-0.25, -0.2) is 4.39 Å². The average Bonchev–Trinajstić information content (AvgIpc) is 2.98. The van der Waals surface area contributed by atoms with Crippen LogP contribution < -0.4 is 4.90 Å². The van der Waals surface area contributed by atoms with E-state index in [0.717, 1.165) is 15.7 Å². The van der Waals surface area contributed by atoms with Gasteiger partial charge in [-0.2, -0.15) is 0 Å². The van der Waals surface area contributed by atoms with E-state index in [1.165, 1.54) is 12.1 Å². The summed E-state index contributed by atoms with van der Waals surface area (Å²) in [6, 6.07) is 13.5. The van der Waals surface area contributed by atoms with Crippen molar-refractivity contribution in [2.45, 2.75) is 13.0 Å². The van der Waals surface area contributed by atoms with E-state index in [1.54, 1.807) is 29.0 Å². The van der Waals surface area contributed by atoms with Gasteiger partial charge in [0, 0.05) is 31.0 Å². The van der Waals surface area contributed by atoms with E-state index < -0.39 is 0 Å². The Bertz CT molecular complexity index is 794. The Hall–Kier alpha value is -2.21. The Morgan fingerprint density at radius 2 is 1.92 bits per heavy atom. The van der Waals surface area contributed by atoms with Gasteiger partial charge in [0.05, 0.1) is 11.6 Å². The highest BCUT2D eigenvalue weighted by Crippen LogP contribution is 2.31. The van der Waals surface area contributed by atoms with Gasteiger partial charge in [0.25, 0.3) is 0 Å². The first-order valence-corrected chi connectivity index (χ1v) is 8.79. The van der Waals surface area contributed by atoms with Crippen molar-refractivity contribution in [1.29, 1.82) is 0 Å². The molecular weight excluding hydrogens is 387 g/mol. The first-order valence-electron chi connectivity index (χ1n) is 8.00. The molecule has 2 amide bonds. The van der Waals surface area contributed by atoms with Crippen LogP contribution in [0.25, 0.3) is 0 Å². The number of hydrogen-bond donors (Lipinski definition) is 0. The van der Waals surface area contributed by atoms with Gasteiger partial charge in [0.2, 0.25) is 11.8 Å². The molecule has 0 radical (unpaired) electrons. The highest BCUT2D eigenvalue weighted by Gasteiger charge is 2.37. The first-order chi connectivity index (χ1) is 12.0. The maximum Gasteiger partial charge on any atom is 0.228 e. The fraction of sp³-hybridized carbons (Fsp3) is 0.263. The molecule has 2 aromatic carbocycles. The second-order valence-electron chi connectivity index (χ2n) is 6.18. The van der Waals surface area contributed by atoms with Crippen molar-refractivity contribution in [1.82, 2.24) is 4.90 Å². The Morgan fingerprint density at radius 3 is 2.60 bits per heavy atom. The summed E-state index contributed by atoms with van der Waals surface area (Å²) in [6.07, 6.45) is 0.202. The molecule has 1 aliphatic rings. The topological polar surface area (TPSA) is 40.6 Å². The zero-order valence-corrected chi connectivity index (χ0v) is 15.4. The second kappa shape index (κ2) is 7.35. The number of amides is 2. The normalized spacial score (nSPS) is 17.0. The maximum absolute atomic E-state index is 13.0. The average molecular weight is 405 g/mol. The fourth-order valence-electron chi connectivity index (χ4n) is 3.03. The Kier molecular flexibility index (Phi) is 5.18. The second-order valence-corrected chi connectivity index (χ2v) is 7.03. The fourth-order valence-corrected chi connectivity index (χ4v) is 3.53. The van der Waals surface area contributed by atoms with Crippen molar-refractivity contribution >= 4 is 33.4 Å². The highest BCUT2D eigenvalue weighted by atomic mass is 79.9. The molecule has 3 rings (SSSR count). The molecule has 0 bridgehead atoms. The molecule has 1 saturated heterocycles. The quantitative estimate of drug-likeness (QED) is 0.780. The zero-order chi connectivity index (χ0) is 18.0. The lowest BCUT2D eigenvalue weighted by molar-refractivity contribution is -0.135. The molecule has 0 saturated carbocycles. The predicted octanol–water partition coefficient (Wildman–Crippen LogP) is 3.60. The summed E-state index contributed by atoms with van der Waals surface area (Å²) in [6.45, 7) is 0.757. The monoisotopic (exact) mass is 404 g/mol. The molecule has 1 aliphatic heterocycles. The summed E-state index contributed by atoms with van der Waals surface area (Å²) in [5.41, 5.74) is 1.63. The van der Waals surface area contributed by atoms with Crippen molar-refractivity contribution in [2.24, 2.45) is 5.92 Å². The Balaban J connectivity index is 1.68. The standard InChI is InChI=1S/C19H18BrFN2O2/c1-22(11-13-6-8-15(21)9-7-13)19(25)14-10-18(24)23(12-14)17-5-3-2-4-16(17)20/h2-9,14H,10-12H2,1H3. The number of rotatable bonds is 4. The lowest BCUT2D eigenvalue weighted by Gasteiger charge is -2.22. The summed E-state index contributed by atoms with van der Waals surface area (Å²) < 4.78 is 13.8. The van der Waals surface area contributed by atoms with Crippen molar-refractivity contribution < 1.29 is 14.0 Å². The Labute approximate surface area is 154 Å². The van der Waals surface area contributed by atoms with E-state index in [2.05, 4.69) is 15.9 Å². The smallest absolute Gasteiger partial charge is 0.228 e. The van der Waals surface area contributed by atoms with E-state index in [4.69, 9.17) is 0 Å². The number of nitrogens with zero attached hydrogens (tertiary/aromatic N) is 2. The van der Waals surface area contributed by atoms with Crippen molar-refractivity contribution in [3.05, 3.63) is 64.4 Å². The zero-order valence-electron chi connectivity index (χ0n) is 13.8. The molecule has 0 aliphatic carbocycles. The van der Waals surface area contributed by atoms with Crippen molar-refractivity contribution in [3.8, 4) is 0 Å². The van der Waals surface area contributed by atoms with Crippen LogP contribution in [-0.2, 0) is 16.1 Å². The minimum atomic E-state index is -0.370. The van der Waals surface area contributed by atoms with Gasteiger partial charge in [-0.05, 0) is 45.8 Å². The molecule has 130 valence electrons. The molecule has 0 spiro atoms. The Morgan fingerprint density at radius 1 is 1.24 bits per heavy atom. The number of benzene rings is 2. The lowest BCUT2D eigenvalue weighted by Crippen LogP contribution is -2.34. The number of carbonyl (C=O) groups is 2. The molecule has 1 fully saturated rings. The third kappa shape index (κ3) is 3.90. The first kappa shape index (κ1) is 17.6. The molecule has 1 atom stereocenters. The molecule has 4 nitrogen and oxygen atoms in total. The van der Waals surface area contributed by atoms with Crippen LogP contribution in [0.1, 0.15) is 12.0 Å². The molecular formula is C19H18BrFN2O2. The van der Waals surface area contributed by atoms with Crippen LogP contribution in [0.2, 0.25) is 0 Å². The van der Waals surface area contributed by atoms with Gasteiger partial charge < -0.3 is 9.80 Å². The molecule has 2 aromatic rings. The van der Waals surface area contributed by atoms with E-state index in [-0.39, 0.29) is 30.0 Å².